The van der Waals surface area contributed by atoms with Gasteiger partial charge in [0.2, 0.25) is 0 Å². The maximum absolute atomic E-state index is 6.19. The first-order valence-electron chi connectivity index (χ1n) is 10.9. The van der Waals surface area contributed by atoms with Crippen molar-refractivity contribution < 1.29 is 29.6 Å². The molecule has 2 atom stereocenters. The Hall–Kier alpha value is -2.16. The predicted molar refractivity (Wildman–Crippen MR) is 124 cm³/mol. The molecule has 0 bridgehead atoms. The Morgan fingerprint density at radius 2 is 1.52 bits per heavy atom. The van der Waals surface area contributed by atoms with Gasteiger partial charge in [0.05, 0.1) is 13.2 Å². The Labute approximate surface area is 200 Å². The Balaban J connectivity index is 0.00000341. The number of ether oxygens (including phenoxy) is 2. The van der Waals surface area contributed by atoms with E-state index in [1.165, 1.54) is 0 Å². The number of aromatic nitrogens is 1. The monoisotopic (exact) mass is 595 g/mol. The van der Waals surface area contributed by atoms with Crippen molar-refractivity contribution in [3.63, 3.8) is 0 Å². The van der Waals surface area contributed by atoms with Crippen molar-refractivity contribution in [3.05, 3.63) is 66.9 Å². The van der Waals surface area contributed by atoms with Gasteiger partial charge in [-0.15, -0.1) is 35.4 Å². The van der Waals surface area contributed by atoms with Gasteiger partial charge in [0.15, 0.2) is 11.5 Å². The molecule has 3 rings (SSSR count). The number of nitrogens with zero attached hydrogens (tertiary/aromatic N) is 1. The minimum Gasteiger partial charge on any atom is -0.489 e. The summed E-state index contributed by atoms with van der Waals surface area (Å²) in [6.07, 6.45) is 3.99. The number of hydrogen-bond donors (Lipinski definition) is 0. The third kappa shape index (κ3) is 7.19. The van der Waals surface area contributed by atoms with Crippen LogP contribution in [0.15, 0.2) is 60.8 Å². The van der Waals surface area contributed by atoms with E-state index in [9.17, 15) is 0 Å². The fourth-order valence-corrected chi connectivity index (χ4v) is 2.94. The zero-order chi connectivity index (χ0) is 21.3. The molecule has 0 fully saturated rings. The molecule has 2 unspecified atom stereocenters. The first kappa shape index (κ1) is 25.1. The summed E-state index contributed by atoms with van der Waals surface area (Å²) < 4.78 is 12.3. The summed E-state index contributed by atoms with van der Waals surface area (Å²) in [5, 5.41) is 0. The van der Waals surface area contributed by atoms with Crippen LogP contribution in [0.4, 0.5) is 0 Å². The largest absolute Gasteiger partial charge is 0.489 e. The van der Waals surface area contributed by atoms with E-state index in [0.29, 0.717) is 25.0 Å². The summed E-state index contributed by atoms with van der Waals surface area (Å²) in [6, 6.07) is 21.6. The van der Waals surface area contributed by atoms with Crippen molar-refractivity contribution in [3.8, 4) is 33.9 Å². The molecule has 0 saturated heterocycles. The predicted octanol–water partition coefficient (Wildman–Crippen LogP) is 7.06. The maximum atomic E-state index is 6.19. The molecule has 31 heavy (non-hydrogen) atoms. The summed E-state index contributed by atoms with van der Waals surface area (Å²) in [6.45, 7) is 10.2. The van der Waals surface area contributed by atoms with E-state index in [1.807, 2.05) is 30.3 Å². The van der Waals surface area contributed by atoms with Gasteiger partial charge in [-0.05, 0) is 41.3 Å². The zero-order valence-corrected chi connectivity index (χ0v) is 21.2. The van der Waals surface area contributed by atoms with E-state index in [1.54, 1.807) is 6.20 Å². The Bertz CT molecular complexity index is 930. The molecule has 0 amide bonds. The van der Waals surface area contributed by atoms with Crippen molar-refractivity contribution >= 4 is 0 Å². The van der Waals surface area contributed by atoms with E-state index in [4.69, 9.17) is 9.47 Å². The van der Waals surface area contributed by atoms with Gasteiger partial charge in [0, 0.05) is 26.3 Å². The molecule has 4 heteroatoms. The van der Waals surface area contributed by atoms with Crippen molar-refractivity contribution in [2.45, 2.75) is 40.5 Å². The van der Waals surface area contributed by atoms with Crippen LogP contribution < -0.4 is 9.47 Å². The molecule has 0 aliphatic rings. The van der Waals surface area contributed by atoms with Gasteiger partial charge >= 0.3 is 0 Å². The molecule has 1 radical (unpaired) electrons. The van der Waals surface area contributed by atoms with Crippen molar-refractivity contribution in [2.75, 3.05) is 13.2 Å². The molecule has 3 nitrogen and oxygen atoms in total. The van der Waals surface area contributed by atoms with Crippen molar-refractivity contribution in [1.82, 2.24) is 4.98 Å². The topological polar surface area (TPSA) is 31.4 Å². The average molecular weight is 595 g/mol. The zero-order valence-electron chi connectivity index (χ0n) is 18.9. The summed E-state index contributed by atoms with van der Waals surface area (Å²) >= 11 is 0. The van der Waals surface area contributed by atoms with Crippen LogP contribution in [0, 0.1) is 17.9 Å². The quantitative estimate of drug-likeness (QED) is 0.236. The van der Waals surface area contributed by atoms with Crippen LogP contribution in [0.3, 0.4) is 0 Å². The second-order valence-corrected chi connectivity index (χ2v) is 8.02. The molecule has 3 aromatic rings. The van der Waals surface area contributed by atoms with Crippen molar-refractivity contribution in [1.29, 1.82) is 0 Å². The van der Waals surface area contributed by atoms with E-state index in [2.05, 4.69) is 63.0 Å². The molecular formula is C27H32IrNO2-. The standard InChI is InChI=1S/C27H32NO2.Ir/c1-5-20(3)18-29-26-14-13-23(17-27(26)30-19-21(4)6-2)22-10-9-11-24(16-22)25-12-7-8-15-28-25;/h7-10,12-17,20-21H,5-6,18-19H2,1-4H3;/q-1;. The molecule has 0 saturated carbocycles. The van der Waals surface area contributed by atoms with Gasteiger partial charge in [0.25, 0.3) is 0 Å². The van der Waals surface area contributed by atoms with Crippen LogP contribution in [0.1, 0.15) is 40.5 Å². The molecule has 0 aliphatic heterocycles. The van der Waals surface area contributed by atoms with Crippen molar-refractivity contribution in [2.24, 2.45) is 11.8 Å². The third-order valence-corrected chi connectivity index (χ3v) is 5.46. The Morgan fingerprint density at radius 1 is 0.839 bits per heavy atom. The van der Waals surface area contributed by atoms with Crippen LogP contribution in [-0.4, -0.2) is 18.2 Å². The molecule has 1 heterocycles. The van der Waals surface area contributed by atoms with Gasteiger partial charge in [-0.3, -0.25) is 0 Å². The average Bonchev–Trinajstić information content (AvgIpc) is 2.81. The minimum absolute atomic E-state index is 0. The van der Waals surface area contributed by atoms with E-state index in [-0.39, 0.29) is 20.1 Å². The van der Waals surface area contributed by atoms with E-state index in [0.717, 1.165) is 46.7 Å². The fraction of sp³-hybridized carbons (Fsp3) is 0.370. The molecule has 167 valence electrons. The maximum Gasteiger partial charge on any atom is 0.161 e. The summed E-state index contributed by atoms with van der Waals surface area (Å²) in [7, 11) is 0. The Kier molecular flexibility index (Phi) is 10.2. The van der Waals surface area contributed by atoms with Crippen LogP contribution in [-0.2, 0) is 20.1 Å². The normalized spacial score (nSPS) is 12.5. The summed E-state index contributed by atoms with van der Waals surface area (Å²) in [5.74, 6) is 2.63. The van der Waals surface area contributed by atoms with Gasteiger partial charge in [-0.25, -0.2) is 0 Å². The number of rotatable bonds is 10. The van der Waals surface area contributed by atoms with E-state index >= 15 is 0 Å². The number of pyridine rings is 1. The summed E-state index contributed by atoms with van der Waals surface area (Å²) in [4.78, 5) is 4.45. The minimum atomic E-state index is 0. The number of hydrogen-bond acceptors (Lipinski definition) is 3. The van der Waals surface area contributed by atoms with Crippen LogP contribution >= 0.6 is 0 Å². The molecule has 0 spiro atoms. The second-order valence-electron chi connectivity index (χ2n) is 8.02. The third-order valence-electron chi connectivity index (χ3n) is 5.46. The summed E-state index contributed by atoms with van der Waals surface area (Å²) in [5.41, 5.74) is 4.10. The van der Waals surface area contributed by atoms with Crippen LogP contribution in [0.25, 0.3) is 22.4 Å². The second kappa shape index (κ2) is 12.6. The van der Waals surface area contributed by atoms with Gasteiger partial charge in [0.1, 0.15) is 0 Å². The molecule has 0 N–H and O–H groups in total. The van der Waals surface area contributed by atoms with Gasteiger partial charge < -0.3 is 14.5 Å². The number of benzene rings is 2. The fourth-order valence-electron chi connectivity index (χ4n) is 2.94. The molecule has 2 aromatic carbocycles. The molecule has 0 aliphatic carbocycles. The Morgan fingerprint density at radius 3 is 2.16 bits per heavy atom. The van der Waals surface area contributed by atoms with Gasteiger partial charge in [-0.2, -0.15) is 0 Å². The van der Waals surface area contributed by atoms with E-state index < -0.39 is 0 Å². The smallest absolute Gasteiger partial charge is 0.161 e. The van der Waals surface area contributed by atoms with Crippen LogP contribution in [0.5, 0.6) is 11.5 Å². The first-order valence-corrected chi connectivity index (χ1v) is 10.9. The van der Waals surface area contributed by atoms with Gasteiger partial charge in [-0.1, -0.05) is 58.7 Å². The SMILES string of the molecule is CCC(C)COc1ccc(-c2cc[c-]c(-c3ccccn3)c2)cc1OCC(C)CC.[Ir]. The molecule has 1 aromatic heterocycles. The van der Waals surface area contributed by atoms with Crippen LogP contribution in [0.2, 0.25) is 0 Å². The first-order chi connectivity index (χ1) is 14.6. The molecular weight excluding hydrogens is 563 g/mol.